The maximum absolute atomic E-state index is 9.87. The average Bonchev–Trinajstić information content (AvgIpc) is 2.29. The van der Waals surface area contributed by atoms with Crippen LogP contribution in [0.4, 0.5) is 0 Å². The highest BCUT2D eigenvalue weighted by Crippen LogP contribution is 2.20. The molecular weight excluding hydrogens is 198 g/mol. The Morgan fingerprint density at radius 3 is 2.69 bits per heavy atom. The van der Waals surface area contributed by atoms with Crippen molar-refractivity contribution in [3.63, 3.8) is 0 Å². The smallest absolute Gasteiger partial charge is 0.0693 e. The molecule has 1 heterocycles. The van der Waals surface area contributed by atoms with Gasteiger partial charge in [-0.3, -0.25) is 0 Å². The molecule has 3 atom stereocenters. The molecule has 96 valence electrons. The highest BCUT2D eigenvalue weighted by atomic mass is 16.3. The maximum atomic E-state index is 9.87. The van der Waals surface area contributed by atoms with E-state index in [2.05, 4.69) is 25.7 Å². The van der Waals surface area contributed by atoms with Crippen molar-refractivity contribution in [2.24, 2.45) is 11.8 Å². The lowest BCUT2D eigenvalue weighted by molar-refractivity contribution is 0.0219. The van der Waals surface area contributed by atoms with Crippen molar-refractivity contribution in [1.82, 2.24) is 4.90 Å². The maximum Gasteiger partial charge on any atom is 0.0693 e. The van der Waals surface area contributed by atoms with E-state index in [-0.39, 0.29) is 6.10 Å². The minimum absolute atomic E-state index is 0.0996. The molecule has 0 aromatic heterocycles. The number of hydrogen-bond acceptors (Lipinski definition) is 2. The molecule has 0 aromatic rings. The van der Waals surface area contributed by atoms with Crippen LogP contribution in [0.2, 0.25) is 0 Å². The van der Waals surface area contributed by atoms with Crippen LogP contribution in [0, 0.1) is 11.8 Å². The number of likely N-dealkylation sites (tertiary alicyclic amines) is 1. The van der Waals surface area contributed by atoms with Crippen molar-refractivity contribution >= 4 is 0 Å². The molecule has 0 saturated carbocycles. The molecule has 0 bridgehead atoms. The molecule has 3 unspecified atom stereocenters. The first-order chi connectivity index (χ1) is 7.67. The molecule has 1 aliphatic heterocycles. The van der Waals surface area contributed by atoms with Gasteiger partial charge in [0.1, 0.15) is 0 Å². The van der Waals surface area contributed by atoms with Gasteiger partial charge >= 0.3 is 0 Å². The van der Waals surface area contributed by atoms with Crippen molar-refractivity contribution in [3.05, 3.63) is 0 Å². The van der Waals surface area contributed by atoms with Crippen molar-refractivity contribution in [1.29, 1.82) is 0 Å². The van der Waals surface area contributed by atoms with Crippen LogP contribution in [0.3, 0.4) is 0 Å². The van der Waals surface area contributed by atoms with Crippen molar-refractivity contribution in [3.8, 4) is 0 Å². The van der Waals surface area contributed by atoms with Crippen molar-refractivity contribution < 1.29 is 5.11 Å². The summed E-state index contributed by atoms with van der Waals surface area (Å²) in [5, 5.41) is 9.87. The zero-order chi connectivity index (χ0) is 12.0. The Kier molecular flexibility index (Phi) is 6.37. The van der Waals surface area contributed by atoms with Crippen molar-refractivity contribution in [2.75, 3.05) is 19.6 Å². The lowest BCUT2D eigenvalue weighted by Crippen LogP contribution is -2.44. The summed E-state index contributed by atoms with van der Waals surface area (Å²) in [5.74, 6) is 1.33. The Bertz CT molecular complexity index is 184. The van der Waals surface area contributed by atoms with Crippen LogP contribution in [-0.2, 0) is 0 Å². The topological polar surface area (TPSA) is 23.5 Å². The van der Waals surface area contributed by atoms with Gasteiger partial charge in [0.05, 0.1) is 6.10 Å². The van der Waals surface area contributed by atoms with Gasteiger partial charge in [-0.2, -0.15) is 0 Å². The van der Waals surface area contributed by atoms with E-state index in [1.807, 2.05) is 0 Å². The lowest BCUT2D eigenvalue weighted by Gasteiger charge is -2.36. The second-order valence-electron chi connectivity index (χ2n) is 5.51. The monoisotopic (exact) mass is 227 g/mol. The van der Waals surface area contributed by atoms with E-state index in [1.165, 1.54) is 38.8 Å². The number of nitrogens with zero attached hydrogens (tertiary/aromatic N) is 1. The Balaban J connectivity index is 2.29. The molecule has 1 fully saturated rings. The number of rotatable bonds is 6. The van der Waals surface area contributed by atoms with Crippen LogP contribution in [0.25, 0.3) is 0 Å². The van der Waals surface area contributed by atoms with Crippen LogP contribution >= 0.6 is 0 Å². The van der Waals surface area contributed by atoms with Crippen molar-refractivity contribution in [2.45, 2.75) is 59.0 Å². The minimum Gasteiger partial charge on any atom is -0.392 e. The summed E-state index contributed by atoms with van der Waals surface area (Å²) < 4.78 is 0. The highest BCUT2D eigenvalue weighted by molar-refractivity contribution is 4.78. The third kappa shape index (κ3) is 4.42. The molecule has 0 radical (unpaired) electrons. The number of unbranched alkanes of at least 4 members (excludes halogenated alkanes) is 1. The molecule has 1 rings (SSSR count). The Hall–Kier alpha value is -0.0800. The lowest BCUT2D eigenvalue weighted by atomic mass is 9.93. The summed E-state index contributed by atoms with van der Waals surface area (Å²) in [4.78, 5) is 2.47. The second kappa shape index (κ2) is 7.29. The second-order valence-corrected chi connectivity index (χ2v) is 5.51. The summed E-state index contributed by atoms with van der Waals surface area (Å²) in [5.41, 5.74) is 0. The van der Waals surface area contributed by atoms with Crippen LogP contribution in [0.5, 0.6) is 0 Å². The zero-order valence-electron chi connectivity index (χ0n) is 11.3. The van der Waals surface area contributed by atoms with Crippen LogP contribution in [0.1, 0.15) is 52.9 Å². The third-order valence-electron chi connectivity index (χ3n) is 4.06. The van der Waals surface area contributed by atoms with Gasteiger partial charge in [-0.05, 0) is 31.2 Å². The fourth-order valence-corrected chi connectivity index (χ4v) is 2.56. The molecule has 1 N–H and O–H groups in total. The Morgan fingerprint density at radius 1 is 1.38 bits per heavy atom. The fourth-order valence-electron chi connectivity index (χ4n) is 2.56. The molecule has 0 spiro atoms. The summed E-state index contributed by atoms with van der Waals surface area (Å²) in [6, 6.07) is 0. The standard InChI is InChI=1S/C14H29NO/c1-4-6-7-13(5-2)10-15-9-8-12(3)14(16)11-15/h12-14,16H,4-11H2,1-3H3. The predicted octanol–water partition coefficient (Wildman–Crippen LogP) is 2.91. The van der Waals surface area contributed by atoms with E-state index in [1.54, 1.807) is 0 Å². The first-order valence-electron chi connectivity index (χ1n) is 7.07. The number of aliphatic hydroxyl groups excluding tert-OH is 1. The van der Waals surface area contributed by atoms with Gasteiger partial charge in [0.25, 0.3) is 0 Å². The van der Waals surface area contributed by atoms with Gasteiger partial charge in [-0.25, -0.2) is 0 Å². The normalized spacial score (nSPS) is 29.2. The predicted molar refractivity (Wildman–Crippen MR) is 69.5 cm³/mol. The summed E-state index contributed by atoms with van der Waals surface area (Å²) in [6.45, 7) is 9.99. The minimum atomic E-state index is -0.0996. The molecule has 0 amide bonds. The number of hydrogen-bond donors (Lipinski definition) is 1. The van der Waals surface area contributed by atoms with E-state index in [0.717, 1.165) is 18.9 Å². The van der Waals surface area contributed by atoms with E-state index in [0.29, 0.717) is 5.92 Å². The first kappa shape index (κ1) is 14.0. The van der Waals surface area contributed by atoms with Crippen LogP contribution in [-0.4, -0.2) is 35.7 Å². The summed E-state index contributed by atoms with van der Waals surface area (Å²) in [7, 11) is 0. The van der Waals surface area contributed by atoms with E-state index in [4.69, 9.17) is 0 Å². The van der Waals surface area contributed by atoms with E-state index < -0.39 is 0 Å². The van der Waals surface area contributed by atoms with Gasteiger partial charge in [0.2, 0.25) is 0 Å². The molecule has 0 aromatic carbocycles. The number of piperidine rings is 1. The van der Waals surface area contributed by atoms with Gasteiger partial charge < -0.3 is 10.0 Å². The summed E-state index contributed by atoms with van der Waals surface area (Å²) >= 11 is 0. The molecular formula is C14H29NO. The molecule has 0 aliphatic carbocycles. The average molecular weight is 227 g/mol. The molecule has 2 nitrogen and oxygen atoms in total. The van der Waals surface area contributed by atoms with Gasteiger partial charge in [0.15, 0.2) is 0 Å². The zero-order valence-corrected chi connectivity index (χ0v) is 11.3. The SMILES string of the molecule is CCCCC(CC)CN1CCC(C)C(O)C1. The molecule has 1 aliphatic rings. The van der Waals surface area contributed by atoms with Crippen LogP contribution < -0.4 is 0 Å². The van der Waals surface area contributed by atoms with E-state index in [9.17, 15) is 5.11 Å². The molecule has 2 heteroatoms. The largest absolute Gasteiger partial charge is 0.392 e. The quantitative estimate of drug-likeness (QED) is 0.754. The number of β-amino-alcohol motifs (C(OH)–C–C–N with tert-alkyl or cyclic N) is 1. The van der Waals surface area contributed by atoms with Crippen LogP contribution in [0.15, 0.2) is 0 Å². The highest BCUT2D eigenvalue weighted by Gasteiger charge is 2.25. The molecule has 16 heavy (non-hydrogen) atoms. The third-order valence-corrected chi connectivity index (χ3v) is 4.06. The van der Waals surface area contributed by atoms with Gasteiger partial charge in [-0.15, -0.1) is 0 Å². The van der Waals surface area contributed by atoms with Gasteiger partial charge in [0, 0.05) is 13.1 Å². The summed E-state index contributed by atoms with van der Waals surface area (Å²) in [6.07, 6.45) is 6.35. The van der Waals surface area contributed by atoms with E-state index >= 15 is 0 Å². The fraction of sp³-hybridized carbons (Fsp3) is 1.00. The number of aliphatic hydroxyl groups is 1. The first-order valence-corrected chi connectivity index (χ1v) is 7.07. The Labute approximate surface area is 101 Å². The van der Waals surface area contributed by atoms with Gasteiger partial charge in [-0.1, -0.05) is 40.0 Å². The Morgan fingerprint density at radius 2 is 2.12 bits per heavy atom. The molecule has 1 saturated heterocycles.